The van der Waals surface area contributed by atoms with Gasteiger partial charge in [0.1, 0.15) is 5.75 Å². The number of aromatic nitrogens is 1. The molecule has 1 aromatic carbocycles. The van der Waals surface area contributed by atoms with Crippen LogP contribution in [0.2, 0.25) is 5.15 Å². The van der Waals surface area contributed by atoms with E-state index in [0.29, 0.717) is 5.56 Å². The lowest BCUT2D eigenvalue weighted by Crippen LogP contribution is -2.33. The van der Waals surface area contributed by atoms with Crippen molar-refractivity contribution in [3.63, 3.8) is 0 Å². The molecule has 4 heteroatoms. The Morgan fingerprint density at radius 3 is 2.22 bits per heavy atom. The minimum atomic E-state index is -0.600. The molecule has 1 heterocycles. The third-order valence-corrected chi connectivity index (χ3v) is 5.37. The van der Waals surface area contributed by atoms with E-state index in [2.05, 4.69) is 32.7 Å². The second-order valence-corrected chi connectivity index (χ2v) is 8.00. The van der Waals surface area contributed by atoms with Gasteiger partial charge >= 0.3 is 0 Å². The van der Waals surface area contributed by atoms with Gasteiger partial charge in [0.05, 0.1) is 0 Å². The molecule has 0 radical (unpaired) electrons. The van der Waals surface area contributed by atoms with Crippen molar-refractivity contribution < 1.29 is 9.50 Å². The maximum atomic E-state index is 14.3. The first-order valence-electron chi connectivity index (χ1n) is 7.82. The third kappa shape index (κ3) is 2.61. The zero-order chi connectivity index (χ0) is 17.0. The Morgan fingerprint density at radius 1 is 1.04 bits per heavy atom. The Labute approximate surface area is 141 Å². The molecule has 0 aliphatic heterocycles. The average molecular weight is 334 g/mol. The minimum absolute atomic E-state index is 0.00467. The van der Waals surface area contributed by atoms with E-state index in [0.717, 1.165) is 24.0 Å². The highest BCUT2D eigenvalue weighted by atomic mass is 35.5. The van der Waals surface area contributed by atoms with Gasteiger partial charge in [-0.1, -0.05) is 39.3 Å². The fourth-order valence-corrected chi connectivity index (χ4v) is 3.60. The monoisotopic (exact) mass is 333 g/mol. The van der Waals surface area contributed by atoms with Crippen molar-refractivity contribution in [3.05, 3.63) is 46.5 Å². The second kappa shape index (κ2) is 5.20. The average Bonchev–Trinajstić information content (AvgIpc) is 2.47. The van der Waals surface area contributed by atoms with Crippen LogP contribution >= 0.6 is 11.6 Å². The number of pyridine rings is 1. The first kappa shape index (κ1) is 16.3. The second-order valence-electron chi connectivity index (χ2n) is 7.65. The number of halogens is 2. The molecule has 1 aliphatic rings. The van der Waals surface area contributed by atoms with Crippen molar-refractivity contribution in [2.45, 2.75) is 51.4 Å². The van der Waals surface area contributed by atoms with E-state index in [1.165, 1.54) is 6.20 Å². The highest BCUT2D eigenvalue weighted by Gasteiger charge is 2.38. The summed E-state index contributed by atoms with van der Waals surface area (Å²) >= 11 is 5.79. The van der Waals surface area contributed by atoms with Gasteiger partial charge in [-0.2, -0.15) is 0 Å². The molecule has 1 aliphatic carbocycles. The predicted octanol–water partition coefficient (Wildman–Crippen LogP) is 5.60. The van der Waals surface area contributed by atoms with E-state index < -0.39 is 5.82 Å². The number of benzene rings is 1. The summed E-state index contributed by atoms with van der Waals surface area (Å²) in [6.45, 7) is 8.75. The summed E-state index contributed by atoms with van der Waals surface area (Å²) in [5.74, 6) is -0.520. The van der Waals surface area contributed by atoms with Crippen LogP contribution in [-0.2, 0) is 10.8 Å². The molecule has 0 bridgehead atoms. The molecule has 2 aromatic rings. The van der Waals surface area contributed by atoms with E-state index in [1.807, 2.05) is 6.07 Å². The lowest BCUT2D eigenvalue weighted by Gasteiger charge is -2.42. The van der Waals surface area contributed by atoms with Crippen molar-refractivity contribution in [1.29, 1.82) is 0 Å². The van der Waals surface area contributed by atoms with Crippen LogP contribution in [0, 0.1) is 5.82 Å². The van der Waals surface area contributed by atoms with Gasteiger partial charge in [0.2, 0.25) is 0 Å². The highest BCUT2D eigenvalue weighted by molar-refractivity contribution is 6.29. The normalized spacial score (nSPS) is 18.5. The summed E-state index contributed by atoms with van der Waals surface area (Å²) < 4.78 is 14.3. The Balaban J connectivity index is 2.28. The van der Waals surface area contributed by atoms with Crippen molar-refractivity contribution in [3.8, 4) is 16.9 Å². The lowest BCUT2D eigenvalue weighted by molar-refractivity contribution is 0.330. The number of rotatable bonds is 1. The van der Waals surface area contributed by atoms with Crippen molar-refractivity contribution in [1.82, 2.24) is 4.98 Å². The van der Waals surface area contributed by atoms with Crippen molar-refractivity contribution in [2.75, 3.05) is 0 Å². The van der Waals surface area contributed by atoms with Crippen molar-refractivity contribution >= 4 is 11.6 Å². The maximum absolute atomic E-state index is 14.3. The van der Waals surface area contributed by atoms with Crippen LogP contribution in [-0.4, -0.2) is 10.1 Å². The summed E-state index contributed by atoms with van der Waals surface area (Å²) in [5.41, 5.74) is 3.03. The fraction of sp³-hybridized carbons (Fsp3) is 0.421. The van der Waals surface area contributed by atoms with Gasteiger partial charge in [-0.3, -0.25) is 0 Å². The molecule has 0 spiro atoms. The van der Waals surface area contributed by atoms with Gasteiger partial charge in [-0.05, 0) is 53.0 Å². The Bertz CT molecular complexity index is 783. The Kier molecular flexibility index (Phi) is 3.68. The number of aromatic hydroxyl groups is 1. The minimum Gasteiger partial charge on any atom is -0.507 e. The summed E-state index contributed by atoms with van der Waals surface area (Å²) in [6, 6.07) is 5.25. The smallest absolute Gasteiger partial charge is 0.168 e. The molecule has 0 atom stereocenters. The molecular weight excluding hydrogens is 313 g/mol. The van der Waals surface area contributed by atoms with Crippen LogP contribution in [0.3, 0.4) is 0 Å². The molecule has 0 saturated heterocycles. The number of phenolic OH excluding ortho intramolecular Hbond substituents is 1. The molecule has 122 valence electrons. The SMILES string of the molecule is CC1(C)CCC(C)(C)c2cc(-c3ccnc(Cl)c3F)c(O)cc21. The van der Waals surface area contributed by atoms with Gasteiger partial charge in [0, 0.05) is 17.3 Å². The quantitative estimate of drug-likeness (QED) is 0.689. The molecule has 0 amide bonds. The summed E-state index contributed by atoms with van der Waals surface area (Å²) in [6.07, 6.45) is 3.56. The molecule has 0 fully saturated rings. The van der Waals surface area contributed by atoms with Crippen LogP contribution in [0.25, 0.3) is 11.1 Å². The van der Waals surface area contributed by atoms with Gasteiger partial charge in [-0.25, -0.2) is 9.37 Å². The zero-order valence-electron chi connectivity index (χ0n) is 13.9. The van der Waals surface area contributed by atoms with Gasteiger partial charge in [0.25, 0.3) is 0 Å². The largest absolute Gasteiger partial charge is 0.507 e. The molecule has 1 N–H and O–H groups in total. The van der Waals surface area contributed by atoms with Gasteiger partial charge in [0.15, 0.2) is 11.0 Å². The van der Waals surface area contributed by atoms with Gasteiger partial charge in [-0.15, -0.1) is 0 Å². The summed E-state index contributed by atoms with van der Waals surface area (Å²) in [5, 5.41) is 10.3. The first-order chi connectivity index (χ1) is 10.6. The Hall–Kier alpha value is -1.61. The number of phenols is 1. The van der Waals surface area contributed by atoms with Crippen LogP contribution in [0.15, 0.2) is 24.4 Å². The lowest BCUT2D eigenvalue weighted by atomic mass is 9.62. The molecule has 23 heavy (non-hydrogen) atoms. The van der Waals surface area contributed by atoms with E-state index in [-0.39, 0.29) is 27.3 Å². The number of hydrogen-bond donors (Lipinski definition) is 1. The molecule has 3 rings (SSSR count). The molecule has 1 aromatic heterocycles. The van der Waals surface area contributed by atoms with E-state index >= 15 is 0 Å². The summed E-state index contributed by atoms with van der Waals surface area (Å²) in [4.78, 5) is 3.74. The van der Waals surface area contributed by atoms with Crippen LogP contribution in [0.1, 0.15) is 51.7 Å². The van der Waals surface area contributed by atoms with E-state index in [9.17, 15) is 9.50 Å². The third-order valence-electron chi connectivity index (χ3n) is 5.11. The van der Waals surface area contributed by atoms with E-state index in [4.69, 9.17) is 11.6 Å². The molecule has 0 saturated carbocycles. The van der Waals surface area contributed by atoms with E-state index in [1.54, 1.807) is 12.1 Å². The van der Waals surface area contributed by atoms with Crippen LogP contribution in [0.4, 0.5) is 4.39 Å². The standard InChI is InChI=1S/C19H21ClFNO/c1-18(2)6-7-19(3,4)14-10-15(23)12(9-13(14)18)11-5-8-22-17(20)16(11)21/h5,8-10,23H,6-7H2,1-4H3. The molecule has 2 nitrogen and oxygen atoms in total. The first-order valence-corrected chi connectivity index (χ1v) is 8.20. The topological polar surface area (TPSA) is 33.1 Å². The number of hydrogen-bond acceptors (Lipinski definition) is 2. The number of fused-ring (bicyclic) bond motifs is 1. The highest BCUT2D eigenvalue weighted by Crippen LogP contribution is 2.49. The number of nitrogens with zero attached hydrogens (tertiary/aromatic N) is 1. The van der Waals surface area contributed by atoms with Crippen molar-refractivity contribution in [2.24, 2.45) is 0 Å². The van der Waals surface area contributed by atoms with Crippen LogP contribution in [0.5, 0.6) is 5.75 Å². The predicted molar refractivity (Wildman–Crippen MR) is 91.6 cm³/mol. The molecular formula is C19H21ClFNO. The summed E-state index contributed by atoms with van der Waals surface area (Å²) in [7, 11) is 0. The zero-order valence-corrected chi connectivity index (χ0v) is 14.6. The van der Waals surface area contributed by atoms with Crippen LogP contribution < -0.4 is 0 Å². The molecule has 0 unspecified atom stereocenters. The van der Waals surface area contributed by atoms with Gasteiger partial charge < -0.3 is 5.11 Å². The fourth-order valence-electron chi connectivity index (χ4n) is 3.44. The Morgan fingerprint density at radius 2 is 1.61 bits per heavy atom. The maximum Gasteiger partial charge on any atom is 0.168 e.